The van der Waals surface area contributed by atoms with Crippen molar-refractivity contribution >= 4 is 33.5 Å². The second kappa shape index (κ2) is 6.23. The van der Waals surface area contributed by atoms with Gasteiger partial charge in [-0.15, -0.1) is 0 Å². The summed E-state index contributed by atoms with van der Waals surface area (Å²) in [5.41, 5.74) is 6.01. The molecule has 0 bridgehead atoms. The van der Waals surface area contributed by atoms with Gasteiger partial charge in [0.1, 0.15) is 11.6 Å². The Morgan fingerprint density at radius 1 is 1.15 bits per heavy atom. The Morgan fingerprint density at radius 2 is 1.90 bits per heavy atom. The van der Waals surface area contributed by atoms with E-state index in [1.807, 2.05) is 0 Å². The highest BCUT2D eigenvalue weighted by Gasteiger charge is 2.12. The molecule has 2 rings (SSSR count). The summed E-state index contributed by atoms with van der Waals surface area (Å²) in [4.78, 5) is 0.673. The molecule has 0 unspecified atom stereocenters. The van der Waals surface area contributed by atoms with Crippen molar-refractivity contribution in [3.05, 3.63) is 58.1 Å². The number of nitrogens with two attached hydrogens (primary N) is 1. The van der Waals surface area contributed by atoms with E-state index in [1.54, 1.807) is 18.2 Å². The van der Waals surface area contributed by atoms with Crippen LogP contribution in [0.3, 0.4) is 0 Å². The van der Waals surface area contributed by atoms with Gasteiger partial charge in [0.2, 0.25) is 0 Å². The zero-order chi connectivity index (χ0) is 14.7. The predicted octanol–water partition coefficient (Wildman–Crippen LogP) is 3.97. The van der Waals surface area contributed by atoms with Gasteiger partial charge in [-0.05, 0) is 36.4 Å². The number of benzene rings is 2. The molecular weight excluding hydrogens is 350 g/mol. The molecule has 0 atom stereocenters. The van der Waals surface area contributed by atoms with E-state index in [0.717, 1.165) is 34.4 Å². The van der Waals surface area contributed by atoms with Crippen molar-refractivity contribution in [3.63, 3.8) is 0 Å². The average Bonchev–Trinajstić information content (AvgIpc) is 2.43. The van der Waals surface area contributed by atoms with E-state index in [-0.39, 0.29) is 10.7 Å². The maximum atomic E-state index is 13.6. The minimum absolute atomic E-state index is 0.106. The number of hydrogen-bond acceptors (Lipinski definition) is 3. The molecule has 0 amide bonds. The molecule has 0 heterocycles. The average molecular weight is 359 g/mol. The SMILES string of the molecule is N/C(=N/O)c1cc(Br)ccc1Sc1cc(F)ccc1F. The monoisotopic (exact) mass is 358 g/mol. The third-order valence-corrected chi connectivity index (χ3v) is 4.04. The number of oxime groups is 1. The molecule has 20 heavy (non-hydrogen) atoms. The lowest BCUT2D eigenvalue weighted by atomic mass is 10.2. The Bertz CT molecular complexity index is 679. The van der Waals surface area contributed by atoms with E-state index in [0.29, 0.717) is 10.5 Å². The van der Waals surface area contributed by atoms with Crippen molar-refractivity contribution in [2.45, 2.75) is 9.79 Å². The molecule has 2 aromatic rings. The lowest BCUT2D eigenvalue weighted by Crippen LogP contribution is -2.14. The van der Waals surface area contributed by atoms with Crippen LogP contribution < -0.4 is 5.73 Å². The van der Waals surface area contributed by atoms with Crippen LogP contribution in [0.5, 0.6) is 0 Å². The van der Waals surface area contributed by atoms with Crippen LogP contribution in [-0.4, -0.2) is 11.0 Å². The maximum Gasteiger partial charge on any atom is 0.171 e. The highest BCUT2D eigenvalue weighted by atomic mass is 79.9. The van der Waals surface area contributed by atoms with Crippen LogP contribution in [0.2, 0.25) is 0 Å². The summed E-state index contributed by atoms with van der Waals surface area (Å²) in [5.74, 6) is -1.17. The summed E-state index contributed by atoms with van der Waals surface area (Å²) in [6.45, 7) is 0. The van der Waals surface area contributed by atoms with E-state index in [2.05, 4.69) is 21.1 Å². The highest BCUT2D eigenvalue weighted by molar-refractivity contribution is 9.10. The Morgan fingerprint density at radius 3 is 2.60 bits per heavy atom. The number of amidine groups is 1. The molecule has 0 radical (unpaired) electrons. The fourth-order valence-corrected chi connectivity index (χ4v) is 2.86. The molecule has 0 fully saturated rings. The standard InChI is InChI=1S/C13H9BrF2N2OS/c14-7-1-4-11(9(5-7)13(17)18-19)20-12-6-8(15)2-3-10(12)16/h1-6,19H,(H2,17,18). The molecule has 0 aliphatic heterocycles. The van der Waals surface area contributed by atoms with Crippen molar-refractivity contribution in [2.75, 3.05) is 0 Å². The first kappa shape index (κ1) is 14.8. The first-order valence-corrected chi connectivity index (χ1v) is 7.02. The van der Waals surface area contributed by atoms with E-state index >= 15 is 0 Å². The van der Waals surface area contributed by atoms with Gasteiger partial charge in [-0.25, -0.2) is 8.78 Å². The molecule has 104 valence electrons. The number of hydrogen-bond donors (Lipinski definition) is 2. The topological polar surface area (TPSA) is 58.6 Å². The first-order valence-electron chi connectivity index (χ1n) is 5.41. The summed E-state index contributed by atoms with van der Waals surface area (Å²) in [5, 5.41) is 11.7. The van der Waals surface area contributed by atoms with Crippen LogP contribution in [0.25, 0.3) is 0 Å². The van der Waals surface area contributed by atoms with Crippen LogP contribution in [-0.2, 0) is 0 Å². The fraction of sp³-hybridized carbons (Fsp3) is 0. The van der Waals surface area contributed by atoms with Gasteiger partial charge in [0.25, 0.3) is 0 Å². The second-order valence-corrected chi connectivity index (χ2v) is 5.80. The Kier molecular flexibility index (Phi) is 4.61. The molecule has 3 N–H and O–H groups in total. The van der Waals surface area contributed by atoms with Gasteiger partial charge in [-0.3, -0.25) is 0 Å². The van der Waals surface area contributed by atoms with Gasteiger partial charge < -0.3 is 10.9 Å². The van der Waals surface area contributed by atoms with Crippen molar-refractivity contribution in [1.82, 2.24) is 0 Å². The van der Waals surface area contributed by atoms with Crippen LogP contribution in [0.1, 0.15) is 5.56 Å². The Balaban J connectivity index is 2.46. The zero-order valence-corrected chi connectivity index (χ0v) is 12.4. The van der Waals surface area contributed by atoms with Gasteiger partial charge >= 0.3 is 0 Å². The number of nitrogens with zero attached hydrogens (tertiary/aromatic N) is 1. The summed E-state index contributed by atoms with van der Waals surface area (Å²) >= 11 is 4.27. The summed E-state index contributed by atoms with van der Waals surface area (Å²) in [6, 6.07) is 8.23. The molecular formula is C13H9BrF2N2OS. The maximum absolute atomic E-state index is 13.6. The quantitative estimate of drug-likeness (QED) is 0.377. The largest absolute Gasteiger partial charge is 0.409 e. The van der Waals surface area contributed by atoms with Gasteiger partial charge in [-0.2, -0.15) is 0 Å². The third-order valence-electron chi connectivity index (χ3n) is 2.44. The lowest BCUT2D eigenvalue weighted by Gasteiger charge is -2.09. The molecule has 0 saturated carbocycles. The lowest BCUT2D eigenvalue weighted by molar-refractivity contribution is 0.318. The summed E-state index contributed by atoms with van der Waals surface area (Å²) < 4.78 is 27.5. The number of rotatable bonds is 3. The van der Waals surface area contributed by atoms with Crippen molar-refractivity contribution < 1.29 is 14.0 Å². The number of halogens is 3. The normalized spacial score (nSPS) is 11.7. The van der Waals surface area contributed by atoms with E-state index < -0.39 is 11.6 Å². The molecule has 0 saturated heterocycles. The zero-order valence-electron chi connectivity index (χ0n) is 9.98. The molecule has 3 nitrogen and oxygen atoms in total. The smallest absolute Gasteiger partial charge is 0.171 e. The molecule has 0 aliphatic carbocycles. The highest BCUT2D eigenvalue weighted by Crippen LogP contribution is 2.34. The molecule has 0 spiro atoms. The van der Waals surface area contributed by atoms with Crippen LogP contribution in [0.4, 0.5) is 8.78 Å². The molecule has 0 aliphatic rings. The Hall–Kier alpha value is -1.60. The molecule has 7 heteroatoms. The van der Waals surface area contributed by atoms with Crippen molar-refractivity contribution in [1.29, 1.82) is 0 Å². The van der Waals surface area contributed by atoms with Gasteiger partial charge in [0, 0.05) is 14.9 Å². The van der Waals surface area contributed by atoms with E-state index in [9.17, 15) is 8.78 Å². The van der Waals surface area contributed by atoms with Crippen LogP contribution >= 0.6 is 27.7 Å². The minimum atomic E-state index is -0.537. The minimum Gasteiger partial charge on any atom is -0.409 e. The van der Waals surface area contributed by atoms with Crippen LogP contribution in [0, 0.1) is 11.6 Å². The van der Waals surface area contributed by atoms with Crippen molar-refractivity contribution in [3.8, 4) is 0 Å². The molecule has 2 aromatic carbocycles. The predicted molar refractivity (Wildman–Crippen MR) is 77.1 cm³/mol. The Labute approximate surface area is 126 Å². The van der Waals surface area contributed by atoms with Crippen LogP contribution in [0.15, 0.2) is 55.8 Å². The fourth-order valence-electron chi connectivity index (χ4n) is 1.52. The van der Waals surface area contributed by atoms with E-state index in [4.69, 9.17) is 10.9 Å². The summed E-state index contributed by atoms with van der Waals surface area (Å²) in [7, 11) is 0. The van der Waals surface area contributed by atoms with Gasteiger partial charge in [0.05, 0.1) is 4.90 Å². The van der Waals surface area contributed by atoms with Crippen molar-refractivity contribution in [2.24, 2.45) is 10.9 Å². The first-order chi connectivity index (χ1) is 9.51. The second-order valence-electron chi connectivity index (χ2n) is 3.80. The third kappa shape index (κ3) is 3.29. The van der Waals surface area contributed by atoms with Gasteiger partial charge in [-0.1, -0.05) is 32.8 Å². The van der Waals surface area contributed by atoms with Gasteiger partial charge in [0.15, 0.2) is 5.84 Å². The molecule has 0 aromatic heterocycles. The van der Waals surface area contributed by atoms with E-state index in [1.165, 1.54) is 0 Å². The summed E-state index contributed by atoms with van der Waals surface area (Å²) in [6.07, 6.45) is 0.